The van der Waals surface area contributed by atoms with Crippen molar-refractivity contribution < 1.29 is 0 Å². The van der Waals surface area contributed by atoms with Gasteiger partial charge >= 0.3 is 0 Å². The number of rotatable bonds is 5. The number of unbranched alkanes of at least 4 members (excludes halogenated alkanes) is 1. The zero-order valence-corrected chi connectivity index (χ0v) is 8.04. The zero-order valence-electron chi connectivity index (χ0n) is 8.04. The van der Waals surface area contributed by atoms with E-state index in [2.05, 4.69) is 30.2 Å². The lowest BCUT2D eigenvalue weighted by atomic mass is 10.1. The van der Waals surface area contributed by atoms with E-state index < -0.39 is 0 Å². The molecule has 0 radical (unpaired) electrons. The zero-order chi connectivity index (χ0) is 8.81. The Labute approximate surface area is 74.6 Å². The predicted molar refractivity (Wildman–Crippen MR) is 50.9 cm³/mol. The fourth-order valence-corrected chi connectivity index (χ4v) is 1.36. The molecule has 1 heterocycles. The summed E-state index contributed by atoms with van der Waals surface area (Å²) < 4.78 is 0. The molecule has 70 valence electrons. The first-order valence-corrected chi connectivity index (χ1v) is 4.87. The van der Waals surface area contributed by atoms with Gasteiger partial charge in [-0.15, -0.1) is 0 Å². The number of hydrogen-bond acceptors (Lipinski definition) is 3. The van der Waals surface area contributed by atoms with E-state index in [1.54, 1.807) is 0 Å². The molecule has 0 bridgehead atoms. The largest absolute Gasteiger partial charge is 0.306 e. The van der Waals surface area contributed by atoms with Crippen LogP contribution < -0.4 is 16.4 Å². The molecular weight excluding hydrogens is 150 g/mol. The summed E-state index contributed by atoms with van der Waals surface area (Å²) in [5.41, 5.74) is 11.9. The normalized spacial score (nSPS) is 16.2. The van der Waals surface area contributed by atoms with Crippen molar-refractivity contribution in [2.45, 2.75) is 46.0 Å². The molecule has 1 rings (SSSR count). The van der Waals surface area contributed by atoms with E-state index in [4.69, 9.17) is 0 Å². The fourth-order valence-electron chi connectivity index (χ4n) is 1.36. The van der Waals surface area contributed by atoms with Gasteiger partial charge in [0.25, 0.3) is 0 Å². The molecule has 1 aliphatic heterocycles. The van der Waals surface area contributed by atoms with Crippen molar-refractivity contribution in [1.29, 1.82) is 0 Å². The van der Waals surface area contributed by atoms with Crippen molar-refractivity contribution in [3.05, 3.63) is 11.4 Å². The monoisotopic (exact) mass is 169 g/mol. The summed E-state index contributed by atoms with van der Waals surface area (Å²) >= 11 is 0. The Hall–Kier alpha value is -0.700. The summed E-state index contributed by atoms with van der Waals surface area (Å²) in [4.78, 5) is 0. The van der Waals surface area contributed by atoms with Crippen molar-refractivity contribution in [1.82, 2.24) is 16.4 Å². The number of hydrogen-bond donors (Lipinski definition) is 3. The van der Waals surface area contributed by atoms with Crippen LogP contribution in [0.3, 0.4) is 0 Å². The van der Waals surface area contributed by atoms with Crippen LogP contribution in [0.5, 0.6) is 0 Å². The minimum atomic E-state index is 1.14. The van der Waals surface area contributed by atoms with E-state index in [1.165, 1.54) is 30.7 Å². The molecule has 3 nitrogen and oxygen atoms in total. The molecule has 0 aromatic carbocycles. The second-order valence-corrected chi connectivity index (χ2v) is 3.19. The van der Waals surface area contributed by atoms with Crippen LogP contribution >= 0.6 is 0 Å². The average molecular weight is 169 g/mol. The van der Waals surface area contributed by atoms with E-state index in [1.807, 2.05) is 0 Å². The van der Waals surface area contributed by atoms with Crippen molar-refractivity contribution in [2.75, 3.05) is 0 Å². The SMILES string of the molecule is CCCCC1=C(CCC)NNN1. The highest BCUT2D eigenvalue weighted by Crippen LogP contribution is 2.13. The highest BCUT2D eigenvalue weighted by molar-refractivity contribution is 5.13. The summed E-state index contributed by atoms with van der Waals surface area (Å²) in [6.07, 6.45) is 6.01. The molecule has 0 amide bonds. The van der Waals surface area contributed by atoms with Crippen LogP contribution in [0.25, 0.3) is 0 Å². The van der Waals surface area contributed by atoms with Crippen LogP contribution in [-0.2, 0) is 0 Å². The van der Waals surface area contributed by atoms with Gasteiger partial charge in [0.2, 0.25) is 0 Å². The summed E-state index contributed by atoms with van der Waals surface area (Å²) in [6.45, 7) is 4.42. The van der Waals surface area contributed by atoms with Gasteiger partial charge in [-0.25, -0.2) is 0 Å². The van der Waals surface area contributed by atoms with Crippen molar-refractivity contribution in [3.63, 3.8) is 0 Å². The van der Waals surface area contributed by atoms with E-state index in [0.29, 0.717) is 0 Å². The Morgan fingerprint density at radius 3 is 2.17 bits per heavy atom. The molecule has 0 fully saturated rings. The van der Waals surface area contributed by atoms with Gasteiger partial charge in [0, 0.05) is 11.4 Å². The molecule has 0 aromatic rings. The maximum atomic E-state index is 3.14. The highest BCUT2D eigenvalue weighted by Gasteiger charge is 2.10. The number of allylic oxidation sites excluding steroid dienone is 2. The lowest BCUT2D eigenvalue weighted by molar-refractivity contribution is 0.569. The highest BCUT2D eigenvalue weighted by atomic mass is 15.6. The number of nitrogens with one attached hydrogen (secondary N) is 3. The molecular formula is C9H19N3. The Morgan fingerprint density at radius 2 is 1.58 bits per heavy atom. The lowest BCUT2D eigenvalue weighted by Crippen LogP contribution is -2.32. The molecule has 3 heteroatoms. The molecule has 3 N–H and O–H groups in total. The van der Waals surface area contributed by atoms with E-state index in [-0.39, 0.29) is 0 Å². The third kappa shape index (κ3) is 2.41. The molecule has 0 saturated heterocycles. The molecule has 0 atom stereocenters. The van der Waals surface area contributed by atoms with Gasteiger partial charge in [-0.1, -0.05) is 26.7 Å². The molecule has 0 spiro atoms. The topological polar surface area (TPSA) is 36.1 Å². The van der Waals surface area contributed by atoms with E-state index in [9.17, 15) is 0 Å². The second kappa shape index (κ2) is 5.04. The summed E-state index contributed by atoms with van der Waals surface area (Å²) in [5, 5.41) is 0. The molecule has 0 unspecified atom stereocenters. The summed E-state index contributed by atoms with van der Waals surface area (Å²) in [6, 6.07) is 0. The quantitative estimate of drug-likeness (QED) is 0.587. The van der Waals surface area contributed by atoms with Crippen molar-refractivity contribution >= 4 is 0 Å². The van der Waals surface area contributed by atoms with Gasteiger partial charge in [-0.2, -0.15) is 5.53 Å². The van der Waals surface area contributed by atoms with Gasteiger partial charge in [0.05, 0.1) is 0 Å². The molecule has 1 aliphatic rings. The van der Waals surface area contributed by atoms with Crippen LogP contribution in [0.15, 0.2) is 11.4 Å². The third-order valence-electron chi connectivity index (χ3n) is 2.07. The van der Waals surface area contributed by atoms with Crippen molar-refractivity contribution in [2.24, 2.45) is 0 Å². The second-order valence-electron chi connectivity index (χ2n) is 3.19. The Balaban J connectivity index is 2.39. The average Bonchev–Trinajstić information content (AvgIpc) is 2.50. The maximum Gasteiger partial charge on any atom is 0.0482 e. The predicted octanol–water partition coefficient (Wildman–Crippen LogP) is 1.80. The van der Waals surface area contributed by atoms with Crippen LogP contribution in [0.4, 0.5) is 0 Å². The minimum Gasteiger partial charge on any atom is -0.306 e. The molecule has 0 aromatic heterocycles. The standard InChI is InChI=1S/C9H19N3/c1-3-5-7-9-8(6-4-2)10-12-11-9/h10-12H,3-7H2,1-2H3. The summed E-state index contributed by atoms with van der Waals surface area (Å²) in [7, 11) is 0. The fraction of sp³-hybridized carbons (Fsp3) is 0.778. The van der Waals surface area contributed by atoms with Gasteiger partial charge < -0.3 is 10.9 Å². The van der Waals surface area contributed by atoms with Crippen LogP contribution in [0.2, 0.25) is 0 Å². The first kappa shape index (κ1) is 9.39. The lowest BCUT2D eigenvalue weighted by Gasteiger charge is -2.02. The first-order chi connectivity index (χ1) is 5.88. The smallest absolute Gasteiger partial charge is 0.0482 e. The van der Waals surface area contributed by atoms with Gasteiger partial charge in [0.1, 0.15) is 0 Å². The molecule has 0 aliphatic carbocycles. The maximum absolute atomic E-state index is 3.14. The Morgan fingerprint density at radius 1 is 0.917 bits per heavy atom. The van der Waals surface area contributed by atoms with E-state index >= 15 is 0 Å². The third-order valence-corrected chi connectivity index (χ3v) is 2.07. The number of hydrazine groups is 2. The van der Waals surface area contributed by atoms with Gasteiger partial charge in [-0.05, 0) is 19.3 Å². The van der Waals surface area contributed by atoms with Gasteiger partial charge in [-0.3, -0.25) is 0 Å². The van der Waals surface area contributed by atoms with Crippen LogP contribution in [0.1, 0.15) is 46.0 Å². The van der Waals surface area contributed by atoms with Crippen LogP contribution in [-0.4, -0.2) is 0 Å². The molecule has 12 heavy (non-hydrogen) atoms. The summed E-state index contributed by atoms with van der Waals surface area (Å²) in [5.74, 6) is 0. The Kier molecular flexibility index (Phi) is 3.94. The van der Waals surface area contributed by atoms with Crippen LogP contribution in [0, 0.1) is 0 Å². The van der Waals surface area contributed by atoms with Gasteiger partial charge in [0.15, 0.2) is 0 Å². The van der Waals surface area contributed by atoms with Crippen molar-refractivity contribution in [3.8, 4) is 0 Å². The minimum absolute atomic E-state index is 1.14. The Bertz CT molecular complexity index is 163. The molecule has 0 saturated carbocycles. The first-order valence-electron chi connectivity index (χ1n) is 4.87. The van der Waals surface area contributed by atoms with E-state index in [0.717, 1.165) is 12.8 Å².